The Labute approximate surface area is 104 Å². The van der Waals surface area contributed by atoms with E-state index in [1.807, 2.05) is 16.8 Å². The minimum Gasteiger partial charge on any atom is -0.364 e. The predicted molar refractivity (Wildman–Crippen MR) is 65.0 cm³/mol. The molecule has 1 N–H and O–H groups in total. The fourth-order valence-electron chi connectivity index (χ4n) is 2.04. The average Bonchev–Trinajstić information content (AvgIpc) is 2.79. The number of pyridine rings is 1. The second kappa shape index (κ2) is 4.33. The maximum absolute atomic E-state index is 6.06. The lowest BCUT2D eigenvalue weighted by Gasteiger charge is -2.24. The van der Waals surface area contributed by atoms with Crippen LogP contribution in [0, 0.1) is 0 Å². The van der Waals surface area contributed by atoms with E-state index in [2.05, 4.69) is 20.4 Å². The third-order valence-electron chi connectivity index (χ3n) is 2.90. The van der Waals surface area contributed by atoms with Crippen LogP contribution in [0.3, 0.4) is 0 Å². The van der Waals surface area contributed by atoms with E-state index in [4.69, 9.17) is 11.6 Å². The predicted octanol–water partition coefficient (Wildman–Crippen LogP) is 1.75. The van der Waals surface area contributed by atoms with Gasteiger partial charge in [-0.3, -0.25) is 0 Å². The highest BCUT2D eigenvalue weighted by molar-refractivity contribution is 6.32. The Kier molecular flexibility index (Phi) is 2.68. The van der Waals surface area contributed by atoms with Gasteiger partial charge in [-0.1, -0.05) is 11.6 Å². The number of nitrogens with one attached hydrogen (secondary N) is 1. The summed E-state index contributed by atoms with van der Waals surface area (Å²) in [6.07, 6.45) is 5.29. The van der Waals surface area contributed by atoms with Crippen molar-refractivity contribution in [1.29, 1.82) is 0 Å². The van der Waals surface area contributed by atoms with Crippen LogP contribution in [0.5, 0.6) is 0 Å². The smallest absolute Gasteiger partial charge is 0.145 e. The monoisotopic (exact) mass is 249 g/mol. The Morgan fingerprint density at radius 1 is 1.41 bits per heavy atom. The number of hydrogen-bond acceptors (Lipinski definition) is 4. The molecule has 0 bridgehead atoms. The number of nitrogens with zero attached hydrogens (tertiary/aromatic N) is 4. The zero-order valence-electron chi connectivity index (χ0n) is 9.17. The lowest BCUT2D eigenvalue weighted by molar-refractivity contribution is 0.441. The average molecular weight is 250 g/mol. The quantitative estimate of drug-likeness (QED) is 0.881. The molecule has 5 nitrogen and oxygen atoms in total. The molecule has 0 spiro atoms. The SMILES string of the molecule is Clc1cccnc1N[C@H]1CCc2ncnn2C1. The molecule has 0 unspecified atom stereocenters. The summed E-state index contributed by atoms with van der Waals surface area (Å²) in [7, 11) is 0. The lowest BCUT2D eigenvalue weighted by Crippen LogP contribution is -2.32. The molecule has 1 atom stereocenters. The van der Waals surface area contributed by atoms with E-state index < -0.39 is 0 Å². The summed E-state index contributed by atoms with van der Waals surface area (Å²) in [5, 5.41) is 8.18. The van der Waals surface area contributed by atoms with E-state index in [0.29, 0.717) is 11.1 Å². The van der Waals surface area contributed by atoms with Crippen LogP contribution in [0.25, 0.3) is 0 Å². The van der Waals surface area contributed by atoms with E-state index in [9.17, 15) is 0 Å². The largest absolute Gasteiger partial charge is 0.364 e. The van der Waals surface area contributed by atoms with Gasteiger partial charge in [0.15, 0.2) is 0 Å². The van der Waals surface area contributed by atoms with Gasteiger partial charge in [0.1, 0.15) is 18.0 Å². The van der Waals surface area contributed by atoms with Crippen molar-refractivity contribution in [2.45, 2.75) is 25.4 Å². The van der Waals surface area contributed by atoms with Crippen molar-refractivity contribution >= 4 is 17.4 Å². The molecule has 1 aliphatic heterocycles. The lowest BCUT2D eigenvalue weighted by atomic mass is 10.1. The summed E-state index contributed by atoms with van der Waals surface area (Å²) in [6.45, 7) is 0.808. The molecule has 0 aliphatic carbocycles. The van der Waals surface area contributed by atoms with Crippen LogP contribution >= 0.6 is 11.6 Å². The van der Waals surface area contributed by atoms with Gasteiger partial charge in [0.2, 0.25) is 0 Å². The number of hydrogen-bond donors (Lipinski definition) is 1. The van der Waals surface area contributed by atoms with Crippen molar-refractivity contribution in [3.05, 3.63) is 35.5 Å². The van der Waals surface area contributed by atoms with E-state index in [0.717, 1.165) is 31.0 Å². The van der Waals surface area contributed by atoms with Gasteiger partial charge in [-0.2, -0.15) is 5.10 Å². The number of anilines is 1. The van der Waals surface area contributed by atoms with Gasteiger partial charge in [-0.25, -0.2) is 14.6 Å². The molecule has 2 aromatic rings. The Morgan fingerprint density at radius 3 is 3.24 bits per heavy atom. The molecule has 88 valence electrons. The normalized spacial score (nSPS) is 18.8. The highest BCUT2D eigenvalue weighted by Gasteiger charge is 2.20. The zero-order valence-corrected chi connectivity index (χ0v) is 9.93. The highest BCUT2D eigenvalue weighted by atomic mass is 35.5. The summed E-state index contributed by atoms with van der Waals surface area (Å²) >= 11 is 6.06. The molecule has 2 aromatic heterocycles. The summed E-state index contributed by atoms with van der Waals surface area (Å²) in [5.41, 5.74) is 0. The highest BCUT2D eigenvalue weighted by Crippen LogP contribution is 2.21. The first-order chi connectivity index (χ1) is 8.33. The maximum atomic E-state index is 6.06. The van der Waals surface area contributed by atoms with E-state index in [-0.39, 0.29) is 0 Å². The molecular formula is C11H12ClN5. The molecule has 0 saturated carbocycles. The van der Waals surface area contributed by atoms with E-state index in [1.165, 1.54) is 0 Å². The van der Waals surface area contributed by atoms with Crippen LogP contribution in [0.2, 0.25) is 5.02 Å². The minimum absolute atomic E-state index is 0.302. The third kappa shape index (κ3) is 2.10. The number of aromatic nitrogens is 4. The number of fused-ring (bicyclic) bond motifs is 1. The summed E-state index contributed by atoms with van der Waals surface area (Å²) in [6, 6.07) is 3.96. The first-order valence-electron chi connectivity index (χ1n) is 5.56. The fourth-order valence-corrected chi connectivity index (χ4v) is 2.22. The molecule has 0 aromatic carbocycles. The van der Waals surface area contributed by atoms with Gasteiger partial charge in [0, 0.05) is 18.7 Å². The van der Waals surface area contributed by atoms with Crippen molar-refractivity contribution in [3.8, 4) is 0 Å². The van der Waals surface area contributed by atoms with Gasteiger partial charge in [-0.05, 0) is 18.6 Å². The number of rotatable bonds is 2. The van der Waals surface area contributed by atoms with Crippen molar-refractivity contribution < 1.29 is 0 Å². The molecule has 0 fully saturated rings. The Bertz CT molecular complexity index is 524. The van der Waals surface area contributed by atoms with Crippen LogP contribution in [0.15, 0.2) is 24.7 Å². The molecule has 0 radical (unpaired) electrons. The molecule has 0 amide bonds. The number of aryl methyl sites for hydroxylation is 1. The first kappa shape index (κ1) is 10.5. The zero-order chi connectivity index (χ0) is 11.7. The standard InChI is InChI=1S/C11H12ClN5/c12-9-2-1-5-13-11(9)16-8-3-4-10-14-7-15-17(10)6-8/h1-2,5,7-8H,3-4,6H2,(H,13,16)/t8-/m0/s1. The summed E-state index contributed by atoms with van der Waals surface area (Å²) in [4.78, 5) is 8.43. The summed E-state index contributed by atoms with van der Waals surface area (Å²) < 4.78 is 1.93. The van der Waals surface area contributed by atoms with Gasteiger partial charge in [0.25, 0.3) is 0 Å². The van der Waals surface area contributed by atoms with Crippen molar-refractivity contribution in [1.82, 2.24) is 19.7 Å². The van der Waals surface area contributed by atoms with Crippen molar-refractivity contribution in [3.63, 3.8) is 0 Å². The van der Waals surface area contributed by atoms with Crippen LogP contribution in [0.1, 0.15) is 12.2 Å². The Hall–Kier alpha value is -1.62. The second-order valence-corrected chi connectivity index (χ2v) is 4.48. The molecule has 17 heavy (non-hydrogen) atoms. The topological polar surface area (TPSA) is 55.6 Å². The molecule has 3 heterocycles. The molecule has 1 aliphatic rings. The van der Waals surface area contributed by atoms with E-state index in [1.54, 1.807) is 12.5 Å². The Morgan fingerprint density at radius 2 is 2.35 bits per heavy atom. The Balaban J connectivity index is 1.74. The molecule has 3 rings (SSSR count). The minimum atomic E-state index is 0.302. The molecule has 6 heteroatoms. The van der Waals surface area contributed by atoms with Crippen molar-refractivity contribution in [2.75, 3.05) is 5.32 Å². The van der Waals surface area contributed by atoms with Crippen LogP contribution in [-0.4, -0.2) is 25.8 Å². The van der Waals surface area contributed by atoms with E-state index >= 15 is 0 Å². The maximum Gasteiger partial charge on any atom is 0.145 e. The summed E-state index contributed by atoms with van der Waals surface area (Å²) in [5.74, 6) is 1.79. The third-order valence-corrected chi connectivity index (χ3v) is 3.21. The number of halogens is 1. The van der Waals surface area contributed by atoms with Crippen molar-refractivity contribution in [2.24, 2.45) is 0 Å². The van der Waals surface area contributed by atoms with Gasteiger partial charge in [-0.15, -0.1) is 0 Å². The van der Waals surface area contributed by atoms with Gasteiger partial charge < -0.3 is 5.32 Å². The molecule has 0 saturated heterocycles. The van der Waals surface area contributed by atoms with Crippen LogP contribution in [0.4, 0.5) is 5.82 Å². The first-order valence-corrected chi connectivity index (χ1v) is 5.94. The molecular weight excluding hydrogens is 238 g/mol. The van der Waals surface area contributed by atoms with Gasteiger partial charge in [0.05, 0.1) is 11.6 Å². The van der Waals surface area contributed by atoms with Crippen LogP contribution < -0.4 is 5.32 Å². The van der Waals surface area contributed by atoms with Crippen LogP contribution in [-0.2, 0) is 13.0 Å². The van der Waals surface area contributed by atoms with Gasteiger partial charge >= 0.3 is 0 Å². The fraction of sp³-hybridized carbons (Fsp3) is 0.364. The second-order valence-electron chi connectivity index (χ2n) is 4.07.